The Balaban J connectivity index is 1.49. The van der Waals surface area contributed by atoms with Gasteiger partial charge < -0.3 is 15.2 Å². The van der Waals surface area contributed by atoms with Gasteiger partial charge in [0.25, 0.3) is 0 Å². The van der Waals surface area contributed by atoms with Gasteiger partial charge in [0.05, 0.1) is 5.56 Å². The van der Waals surface area contributed by atoms with Crippen LogP contribution in [0.25, 0.3) is 5.57 Å². The maximum Gasteiger partial charge on any atom is 0.132 e. The topological polar surface area (TPSA) is 41.5 Å². The summed E-state index contributed by atoms with van der Waals surface area (Å²) in [5.41, 5.74) is 5.30. The normalized spacial score (nSPS) is 19.3. The van der Waals surface area contributed by atoms with Crippen LogP contribution in [0.4, 0.5) is 4.39 Å². The van der Waals surface area contributed by atoms with E-state index < -0.39 is 0 Å². The molecular formula is C27H34FNO2. The van der Waals surface area contributed by atoms with E-state index in [1.54, 1.807) is 0 Å². The van der Waals surface area contributed by atoms with Crippen LogP contribution in [0.1, 0.15) is 69.6 Å². The molecule has 0 bridgehead atoms. The number of hydrogen-bond donors (Lipinski definition) is 2. The van der Waals surface area contributed by atoms with Crippen LogP contribution >= 0.6 is 0 Å². The van der Waals surface area contributed by atoms with Crippen LogP contribution in [0.15, 0.2) is 42.0 Å². The number of fused-ring (bicyclic) bond motifs is 2. The number of aromatic hydroxyl groups is 1. The molecule has 166 valence electrons. The lowest BCUT2D eigenvalue weighted by Gasteiger charge is -2.40. The molecule has 0 aromatic heterocycles. The minimum atomic E-state index is -0.348. The van der Waals surface area contributed by atoms with E-state index in [0.29, 0.717) is 17.6 Å². The van der Waals surface area contributed by atoms with E-state index in [1.165, 1.54) is 28.8 Å². The highest BCUT2D eigenvalue weighted by molar-refractivity contribution is 5.82. The van der Waals surface area contributed by atoms with Gasteiger partial charge in [0, 0.05) is 6.54 Å². The summed E-state index contributed by atoms with van der Waals surface area (Å²) in [7, 11) is 0. The minimum Gasteiger partial charge on any atom is -0.507 e. The van der Waals surface area contributed by atoms with Crippen LogP contribution < -0.4 is 10.1 Å². The predicted molar refractivity (Wildman–Crippen MR) is 124 cm³/mol. The van der Waals surface area contributed by atoms with Gasteiger partial charge in [0.2, 0.25) is 0 Å². The van der Waals surface area contributed by atoms with Crippen LogP contribution in [0.2, 0.25) is 0 Å². The maximum absolute atomic E-state index is 13.1. The predicted octanol–water partition coefficient (Wildman–Crippen LogP) is 6.21. The van der Waals surface area contributed by atoms with Crippen LogP contribution in [0.5, 0.6) is 11.5 Å². The average molecular weight is 424 g/mol. The zero-order valence-corrected chi connectivity index (χ0v) is 19.1. The Bertz CT molecular complexity index is 977. The SMILES string of the molecule is CC(CCCc1ccc(F)cc1)C(C)c1cc(O)c2c(c1)OC(C)(C)C1=C2CNCC1. The van der Waals surface area contributed by atoms with E-state index >= 15 is 0 Å². The molecule has 31 heavy (non-hydrogen) atoms. The highest BCUT2D eigenvalue weighted by atomic mass is 19.1. The van der Waals surface area contributed by atoms with Gasteiger partial charge in [-0.05, 0) is 104 Å². The summed E-state index contributed by atoms with van der Waals surface area (Å²) in [5.74, 6) is 1.70. The van der Waals surface area contributed by atoms with Gasteiger partial charge in [0.1, 0.15) is 22.9 Å². The number of phenols is 1. The number of halogens is 1. The van der Waals surface area contributed by atoms with E-state index in [1.807, 2.05) is 18.2 Å². The highest BCUT2D eigenvalue weighted by Gasteiger charge is 2.37. The van der Waals surface area contributed by atoms with E-state index in [4.69, 9.17) is 4.74 Å². The Morgan fingerprint density at radius 3 is 2.65 bits per heavy atom. The van der Waals surface area contributed by atoms with E-state index in [9.17, 15) is 9.50 Å². The van der Waals surface area contributed by atoms with E-state index in [0.717, 1.165) is 55.6 Å². The molecular weight excluding hydrogens is 389 g/mol. The van der Waals surface area contributed by atoms with Gasteiger partial charge in [-0.25, -0.2) is 4.39 Å². The first-order valence-electron chi connectivity index (χ1n) is 11.5. The number of nitrogens with one attached hydrogen (secondary N) is 1. The quantitative estimate of drug-likeness (QED) is 0.580. The molecule has 2 N–H and O–H groups in total. The van der Waals surface area contributed by atoms with Crippen LogP contribution in [-0.2, 0) is 6.42 Å². The molecule has 0 fully saturated rings. The zero-order valence-electron chi connectivity index (χ0n) is 19.1. The third kappa shape index (κ3) is 4.50. The van der Waals surface area contributed by atoms with Crippen molar-refractivity contribution in [1.29, 1.82) is 0 Å². The summed E-state index contributed by atoms with van der Waals surface area (Å²) < 4.78 is 19.5. The first-order valence-corrected chi connectivity index (χ1v) is 11.5. The number of ether oxygens (including phenoxy) is 1. The molecule has 0 amide bonds. The summed E-state index contributed by atoms with van der Waals surface area (Å²) in [5, 5.41) is 14.4. The van der Waals surface area contributed by atoms with Crippen LogP contribution in [0, 0.1) is 11.7 Å². The minimum absolute atomic E-state index is 0.185. The van der Waals surface area contributed by atoms with Crippen molar-refractivity contribution in [2.75, 3.05) is 13.1 Å². The Morgan fingerprint density at radius 1 is 1.16 bits per heavy atom. The molecule has 2 unspecified atom stereocenters. The van der Waals surface area contributed by atoms with E-state index in [-0.39, 0.29) is 11.4 Å². The van der Waals surface area contributed by atoms with Crippen molar-refractivity contribution in [3.63, 3.8) is 0 Å². The monoisotopic (exact) mass is 423 g/mol. The second-order valence-electron chi connectivity index (χ2n) is 9.69. The smallest absolute Gasteiger partial charge is 0.132 e. The summed E-state index contributed by atoms with van der Waals surface area (Å²) in [6, 6.07) is 10.9. The lowest BCUT2D eigenvalue weighted by atomic mass is 9.80. The molecule has 0 radical (unpaired) electrons. The highest BCUT2D eigenvalue weighted by Crippen LogP contribution is 2.48. The molecule has 2 aliphatic heterocycles. The largest absolute Gasteiger partial charge is 0.507 e. The molecule has 0 saturated heterocycles. The molecule has 2 aromatic rings. The number of hydrogen-bond acceptors (Lipinski definition) is 3. The molecule has 2 atom stereocenters. The third-order valence-corrected chi connectivity index (χ3v) is 7.13. The van der Waals surface area contributed by atoms with Crippen molar-refractivity contribution in [3.8, 4) is 11.5 Å². The second-order valence-corrected chi connectivity index (χ2v) is 9.69. The molecule has 0 aliphatic carbocycles. The van der Waals surface area contributed by atoms with Crippen molar-refractivity contribution < 1.29 is 14.2 Å². The van der Waals surface area contributed by atoms with Crippen molar-refractivity contribution in [3.05, 3.63) is 64.5 Å². The molecule has 0 spiro atoms. The molecule has 0 saturated carbocycles. The number of phenolic OH excluding ortho intramolecular Hbond substituents is 1. The molecule has 2 aliphatic rings. The molecule has 3 nitrogen and oxygen atoms in total. The molecule has 4 heteroatoms. The third-order valence-electron chi connectivity index (χ3n) is 7.13. The zero-order chi connectivity index (χ0) is 22.2. The summed E-state index contributed by atoms with van der Waals surface area (Å²) in [4.78, 5) is 0. The molecule has 2 heterocycles. The Labute approximate surface area is 185 Å². The van der Waals surface area contributed by atoms with E-state index in [2.05, 4.69) is 39.1 Å². The van der Waals surface area contributed by atoms with Gasteiger partial charge in [-0.2, -0.15) is 0 Å². The second kappa shape index (κ2) is 8.66. The number of aryl methyl sites for hydroxylation is 1. The number of benzene rings is 2. The Kier molecular flexibility index (Phi) is 6.11. The van der Waals surface area contributed by atoms with Gasteiger partial charge in [0.15, 0.2) is 0 Å². The fraction of sp³-hybridized carbons (Fsp3) is 0.481. The van der Waals surface area contributed by atoms with Crippen molar-refractivity contribution in [2.24, 2.45) is 5.92 Å². The van der Waals surface area contributed by atoms with Crippen LogP contribution in [0.3, 0.4) is 0 Å². The standard InChI is InChI=1S/C27H34FNO2/c1-17(6-5-7-19-8-10-21(28)11-9-19)18(2)20-14-24(30)26-22-16-29-13-12-23(22)27(3,4)31-25(26)15-20/h8-11,14-15,17-18,29-30H,5-7,12-13,16H2,1-4H3. The first-order chi connectivity index (χ1) is 14.8. The van der Waals surface area contributed by atoms with Crippen LogP contribution in [-0.4, -0.2) is 23.8 Å². The van der Waals surface area contributed by atoms with Crippen molar-refractivity contribution in [1.82, 2.24) is 5.32 Å². The Morgan fingerprint density at radius 2 is 1.90 bits per heavy atom. The van der Waals surface area contributed by atoms with Gasteiger partial charge >= 0.3 is 0 Å². The lowest BCUT2D eigenvalue weighted by Crippen LogP contribution is -2.40. The fourth-order valence-electron chi connectivity index (χ4n) is 5.05. The van der Waals surface area contributed by atoms with Crippen molar-refractivity contribution in [2.45, 2.75) is 64.9 Å². The van der Waals surface area contributed by atoms with Gasteiger partial charge in [-0.1, -0.05) is 26.0 Å². The lowest BCUT2D eigenvalue weighted by molar-refractivity contribution is 0.137. The summed E-state index contributed by atoms with van der Waals surface area (Å²) >= 11 is 0. The Hall–Kier alpha value is -2.33. The summed E-state index contributed by atoms with van der Waals surface area (Å²) in [6.45, 7) is 10.5. The van der Waals surface area contributed by atoms with Crippen molar-refractivity contribution >= 4 is 5.57 Å². The molecule has 4 rings (SSSR count). The maximum atomic E-state index is 13.1. The fourth-order valence-corrected chi connectivity index (χ4v) is 5.05. The van der Waals surface area contributed by atoms with Gasteiger partial charge in [-0.15, -0.1) is 0 Å². The molecule has 2 aromatic carbocycles. The first kappa shape index (κ1) is 21.9. The number of rotatable bonds is 6. The average Bonchev–Trinajstić information content (AvgIpc) is 2.73. The van der Waals surface area contributed by atoms with Gasteiger partial charge in [-0.3, -0.25) is 0 Å². The summed E-state index contributed by atoms with van der Waals surface area (Å²) in [6.07, 6.45) is 4.03.